The van der Waals surface area contributed by atoms with Crippen molar-refractivity contribution in [1.82, 2.24) is 15.5 Å². The van der Waals surface area contributed by atoms with E-state index in [1.54, 1.807) is 31.2 Å². The fourth-order valence-corrected chi connectivity index (χ4v) is 2.95. The standard InChI is InChI=1S/C20H17FN4O4/c1-12(20-23-19(24-29-20)13-6-8-14(21)9-7-13)22-17(26)10-25-15-4-2-3-5-16(15)28-11-18(25)27/h2-9,12H,10-11H2,1H3,(H,22,26). The highest BCUT2D eigenvalue weighted by molar-refractivity contribution is 6.02. The van der Waals surface area contributed by atoms with Gasteiger partial charge in [0, 0.05) is 5.56 Å². The Bertz CT molecular complexity index is 1050. The molecular formula is C20H17FN4O4. The number of hydrogen-bond acceptors (Lipinski definition) is 6. The Balaban J connectivity index is 1.43. The molecule has 9 heteroatoms. The molecule has 2 aromatic carbocycles. The van der Waals surface area contributed by atoms with Gasteiger partial charge in [-0.2, -0.15) is 4.98 Å². The number of nitrogens with one attached hydrogen (secondary N) is 1. The summed E-state index contributed by atoms with van der Waals surface area (Å²) in [6, 6.07) is 12.1. The van der Waals surface area contributed by atoms with Crippen molar-refractivity contribution in [2.75, 3.05) is 18.1 Å². The van der Waals surface area contributed by atoms with E-state index in [9.17, 15) is 14.0 Å². The Morgan fingerprint density at radius 2 is 2.00 bits per heavy atom. The predicted molar refractivity (Wildman–Crippen MR) is 101 cm³/mol. The van der Waals surface area contributed by atoms with Crippen LogP contribution in [0.25, 0.3) is 11.4 Å². The Morgan fingerprint density at radius 3 is 2.79 bits per heavy atom. The first kappa shape index (κ1) is 18.6. The first-order valence-electron chi connectivity index (χ1n) is 8.92. The smallest absolute Gasteiger partial charge is 0.265 e. The average Bonchev–Trinajstić information content (AvgIpc) is 3.21. The lowest BCUT2D eigenvalue weighted by Crippen LogP contribution is -2.45. The van der Waals surface area contributed by atoms with Gasteiger partial charge >= 0.3 is 0 Å². The molecule has 1 N–H and O–H groups in total. The highest BCUT2D eigenvalue weighted by Crippen LogP contribution is 2.31. The van der Waals surface area contributed by atoms with Crippen molar-refractivity contribution in [3.63, 3.8) is 0 Å². The van der Waals surface area contributed by atoms with Crippen LogP contribution in [0.15, 0.2) is 53.1 Å². The van der Waals surface area contributed by atoms with Crippen LogP contribution in [-0.4, -0.2) is 35.1 Å². The second kappa shape index (κ2) is 7.70. The van der Waals surface area contributed by atoms with Gasteiger partial charge in [-0.15, -0.1) is 0 Å². The normalized spacial score (nSPS) is 14.1. The van der Waals surface area contributed by atoms with Crippen LogP contribution in [0.2, 0.25) is 0 Å². The van der Waals surface area contributed by atoms with E-state index in [1.165, 1.54) is 29.2 Å². The summed E-state index contributed by atoms with van der Waals surface area (Å²) in [6.45, 7) is 1.40. The van der Waals surface area contributed by atoms with E-state index in [2.05, 4.69) is 15.5 Å². The quantitative estimate of drug-likeness (QED) is 0.712. The fraction of sp³-hybridized carbons (Fsp3) is 0.200. The average molecular weight is 396 g/mol. The number of rotatable bonds is 5. The molecule has 1 aromatic heterocycles. The highest BCUT2D eigenvalue weighted by atomic mass is 19.1. The molecule has 0 spiro atoms. The number of nitrogens with zero attached hydrogens (tertiary/aromatic N) is 3. The lowest BCUT2D eigenvalue weighted by Gasteiger charge is -2.28. The third kappa shape index (κ3) is 3.93. The number of hydrogen-bond donors (Lipinski definition) is 1. The van der Waals surface area contributed by atoms with E-state index in [-0.39, 0.29) is 36.7 Å². The topological polar surface area (TPSA) is 97.6 Å². The molecule has 3 aromatic rings. The molecule has 0 bridgehead atoms. The molecule has 148 valence electrons. The molecule has 8 nitrogen and oxygen atoms in total. The van der Waals surface area contributed by atoms with Crippen molar-refractivity contribution in [3.8, 4) is 17.1 Å². The summed E-state index contributed by atoms with van der Waals surface area (Å²) in [4.78, 5) is 30.3. The number of para-hydroxylation sites is 2. The summed E-state index contributed by atoms with van der Waals surface area (Å²) in [5, 5.41) is 6.60. The van der Waals surface area contributed by atoms with Crippen molar-refractivity contribution in [2.24, 2.45) is 0 Å². The Kier molecular flexibility index (Phi) is 4.94. The molecule has 1 aliphatic heterocycles. The van der Waals surface area contributed by atoms with Crippen LogP contribution in [0.4, 0.5) is 10.1 Å². The number of benzene rings is 2. The van der Waals surface area contributed by atoms with Crippen LogP contribution in [-0.2, 0) is 9.59 Å². The summed E-state index contributed by atoms with van der Waals surface area (Å²) < 4.78 is 23.6. The van der Waals surface area contributed by atoms with Crippen molar-refractivity contribution >= 4 is 17.5 Å². The lowest BCUT2D eigenvalue weighted by atomic mass is 10.2. The Morgan fingerprint density at radius 1 is 1.24 bits per heavy atom. The van der Waals surface area contributed by atoms with Gasteiger partial charge in [-0.1, -0.05) is 17.3 Å². The zero-order valence-corrected chi connectivity index (χ0v) is 15.5. The van der Waals surface area contributed by atoms with Crippen LogP contribution < -0.4 is 15.0 Å². The Hall–Kier alpha value is -3.75. The van der Waals surface area contributed by atoms with E-state index in [0.29, 0.717) is 22.8 Å². The third-order valence-electron chi connectivity index (χ3n) is 4.40. The van der Waals surface area contributed by atoms with Crippen LogP contribution in [0.1, 0.15) is 18.9 Å². The van der Waals surface area contributed by atoms with Crippen molar-refractivity contribution in [1.29, 1.82) is 0 Å². The molecule has 29 heavy (non-hydrogen) atoms. The first-order chi connectivity index (χ1) is 14.0. The number of ether oxygens (including phenoxy) is 1. The number of carbonyl (C=O) groups is 2. The molecular weight excluding hydrogens is 379 g/mol. The number of amides is 2. The molecule has 0 fully saturated rings. The van der Waals surface area contributed by atoms with Crippen molar-refractivity contribution < 1.29 is 23.2 Å². The maximum absolute atomic E-state index is 13.0. The van der Waals surface area contributed by atoms with Gasteiger partial charge < -0.3 is 14.6 Å². The van der Waals surface area contributed by atoms with Crippen LogP contribution in [0, 0.1) is 5.82 Å². The zero-order chi connectivity index (χ0) is 20.4. The Labute approximate surface area is 165 Å². The molecule has 1 atom stereocenters. The van der Waals surface area contributed by atoms with E-state index in [4.69, 9.17) is 9.26 Å². The summed E-state index contributed by atoms with van der Waals surface area (Å²) in [5.74, 6) is -0.0112. The minimum absolute atomic E-state index is 0.120. The largest absolute Gasteiger partial charge is 0.482 e. The third-order valence-corrected chi connectivity index (χ3v) is 4.40. The van der Waals surface area contributed by atoms with E-state index >= 15 is 0 Å². The molecule has 0 saturated carbocycles. The minimum atomic E-state index is -0.574. The molecule has 1 aliphatic rings. The van der Waals surface area contributed by atoms with Gasteiger partial charge in [-0.05, 0) is 43.3 Å². The maximum Gasteiger partial charge on any atom is 0.265 e. The van der Waals surface area contributed by atoms with Crippen molar-refractivity contribution in [3.05, 3.63) is 60.2 Å². The zero-order valence-electron chi connectivity index (χ0n) is 15.5. The van der Waals surface area contributed by atoms with E-state index in [0.717, 1.165) is 0 Å². The molecule has 0 radical (unpaired) electrons. The molecule has 4 rings (SSSR count). The van der Waals surface area contributed by atoms with E-state index in [1.807, 2.05) is 0 Å². The van der Waals surface area contributed by atoms with Crippen LogP contribution in [0.3, 0.4) is 0 Å². The number of halogens is 1. The molecule has 2 heterocycles. The predicted octanol–water partition coefficient (Wildman–Crippen LogP) is 2.48. The monoisotopic (exact) mass is 396 g/mol. The second-order valence-electron chi connectivity index (χ2n) is 6.49. The molecule has 0 saturated heterocycles. The highest BCUT2D eigenvalue weighted by Gasteiger charge is 2.28. The van der Waals surface area contributed by atoms with Gasteiger partial charge in [0.05, 0.1) is 5.69 Å². The SMILES string of the molecule is CC(NC(=O)CN1C(=O)COc2ccccc21)c1nc(-c2ccc(F)cc2)no1. The summed E-state index contributed by atoms with van der Waals surface area (Å²) >= 11 is 0. The summed E-state index contributed by atoms with van der Waals surface area (Å²) in [5.41, 5.74) is 1.14. The minimum Gasteiger partial charge on any atom is -0.482 e. The maximum atomic E-state index is 13.0. The molecule has 0 aliphatic carbocycles. The number of anilines is 1. The van der Waals surface area contributed by atoms with Gasteiger partial charge in [0.15, 0.2) is 6.61 Å². The molecule has 2 amide bonds. The van der Waals surface area contributed by atoms with Gasteiger partial charge in [-0.25, -0.2) is 4.39 Å². The van der Waals surface area contributed by atoms with Gasteiger partial charge in [-0.3, -0.25) is 14.5 Å². The lowest BCUT2D eigenvalue weighted by molar-refractivity contribution is -0.125. The first-order valence-corrected chi connectivity index (χ1v) is 8.92. The van der Waals surface area contributed by atoms with Gasteiger partial charge in [0.25, 0.3) is 5.91 Å². The second-order valence-corrected chi connectivity index (χ2v) is 6.49. The van der Waals surface area contributed by atoms with Crippen LogP contribution >= 0.6 is 0 Å². The molecule has 1 unspecified atom stereocenters. The van der Waals surface area contributed by atoms with Crippen LogP contribution in [0.5, 0.6) is 5.75 Å². The fourth-order valence-electron chi connectivity index (χ4n) is 2.95. The van der Waals surface area contributed by atoms with Gasteiger partial charge in [0.2, 0.25) is 17.6 Å². The van der Waals surface area contributed by atoms with Gasteiger partial charge in [0.1, 0.15) is 24.2 Å². The number of carbonyl (C=O) groups excluding carboxylic acids is 2. The summed E-state index contributed by atoms with van der Waals surface area (Å²) in [7, 11) is 0. The number of fused-ring (bicyclic) bond motifs is 1. The number of aromatic nitrogens is 2. The summed E-state index contributed by atoms with van der Waals surface area (Å²) in [6.07, 6.45) is 0. The van der Waals surface area contributed by atoms with E-state index < -0.39 is 6.04 Å². The van der Waals surface area contributed by atoms with Crippen molar-refractivity contribution in [2.45, 2.75) is 13.0 Å².